The number of ketones is 1. The van der Waals surface area contributed by atoms with Gasteiger partial charge in [0, 0.05) is 32.0 Å². The minimum Gasteiger partial charge on any atom is -0.383 e. The van der Waals surface area contributed by atoms with Gasteiger partial charge in [-0.15, -0.1) is 0 Å². The zero-order valence-corrected chi connectivity index (χ0v) is 15.6. The Hall–Kier alpha value is -3.16. The number of amides is 2. The van der Waals surface area contributed by atoms with Gasteiger partial charge in [0.1, 0.15) is 5.82 Å². The summed E-state index contributed by atoms with van der Waals surface area (Å²) in [6.45, 7) is 1.61. The SMILES string of the molecule is Nc1c(C(=O)[C@@H]2CCN(C(=O)CN3CCCC3=O)C2)cnn1-c1ccccc1. The number of para-hydroxylation sites is 1. The van der Waals surface area contributed by atoms with Gasteiger partial charge in [-0.1, -0.05) is 18.2 Å². The first kappa shape index (κ1) is 18.2. The third-order valence-electron chi connectivity index (χ3n) is 5.48. The van der Waals surface area contributed by atoms with E-state index < -0.39 is 0 Å². The predicted molar refractivity (Wildman–Crippen MR) is 103 cm³/mol. The molecule has 0 aliphatic carbocycles. The van der Waals surface area contributed by atoms with Crippen LogP contribution in [0.4, 0.5) is 5.82 Å². The monoisotopic (exact) mass is 381 g/mol. The number of aromatic nitrogens is 2. The molecule has 2 aromatic rings. The molecule has 8 nitrogen and oxygen atoms in total. The van der Waals surface area contributed by atoms with Crippen molar-refractivity contribution >= 4 is 23.4 Å². The molecule has 28 heavy (non-hydrogen) atoms. The lowest BCUT2D eigenvalue weighted by Crippen LogP contribution is -2.40. The second-order valence-electron chi connectivity index (χ2n) is 7.30. The molecule has 1 aromatic heterocycles. The van der Waals surface area contributed by atoms with Gasteiger partial charge >= 0.3 is 0 Å². The molecule has 4 rings (SSSR count). The quantitative estimate of drug-likeness (QED) is 0.782. The average molecular weight is 381 g/mol. The highest BCUT2D eigenvalue weighted by Crippen LogP contribution is 2.25. The Morgan fingerprint density at radius 1 is 1.18 bits per heavy atom. The lowest BCUT2D eigenvalue weighted by Gasteiger charge is -2.21. The van der Waals surface area contributed by atoms with Crippen molar-refractivity contribution in [1.29, 1.82) is 0 Å². The van der Waals surface area contributed by atoms with Crippen LogP contribution in [0, 0.1) is 5.92 Å². The van der Waals surface area contributed by atoms with Crippen molar-refractivity contribution in [1.82, 2.24) is 19.6 Å². The molecule has 1 atom stereocenters. The van der Waals surface area contributed by atoms with Gasteiger partial charge in [0.05, 0.1) is 24.0 Å². The van der Waals surface area contributed by atoms with Crippen LogP contribution in [0.1, 0.15) is 29.6 Å². The number of nitrogens with two attached hydrogens (primary N) is 1. The van der Waals surface area contributed by atoms with Crippen LogP contribution in [0.15, 0.2) is 36.5 Å². The zero-order chi connectivity index (χ0) is 19.7. The highest BCUT2D eigenvalue weighted by molar-refractivity contribution is 6.02. The van der Waals surface area contributed by atoms with E-state index in [2.05, 4.69) is 5.10 Å². The van der Waals surface area contributed by atoms with Crippen molar-refractivity contribution in [2.75, 3.05) is 31.9 Å². The Morgan fingerprint density at radius 3 is 2.68 bits per heavy atom. The van der Waals surface area contributed by atoms with Crippen molar-refractivity contribution in [3.63, 3.8) is 0 Å². The van der Waals surface area contributed by atoms with Crippen molar-refractivity contribution in [2.45, 2.75) is 19.3 Å². The number of nitrogen functional groups attached to an aromatic ring is 1. The topological polar surface area (TPSA) is 102 Å². The molecule has 0 saturated carbocycles. The molecule has 2 amide bonds. The van der Waals surface area contributed by atoms with Gasteiger partial charge in [-0.2, -0.15) is 5.10 Å². The van der Waals surface area contributed by atoms with E-state index >= 15 is 0 Å². The van der Waals surface area contributed by atoms with E-state index in [0.29, 0.717) is 43.9 Å². The van der Waals surface area contributed by atoms with Crippen LogP contribution in [0.5, 0.6) is 0 Å². The lowest BCUT2D eigenvalue weighted by atomic mass is 9.98. The third-order valence-corrected chi connectivity index (χ3v) is 5.48. The molecule has 1 aromatic carbocycles. The molecule has 0 spiro atoms. The van der Waals surface area contributed by atoms with Crippen LogP contribution in [-0.2, 0) is 9.59 Å². The largest absolute Gasteiger partial charge is 0.383 e. The van der Waals surface area contributed by atoms with Gasteiger partial charge in [0.25, 0.3) is 0 Å². The second kappa shape index (κ2) is 7.46. The smallest absolute Gasteiger partial charge is 0.242 e. The summed E-state index contributed by atoms with van der Waals surface area (Å²) in [5.41, 5.74) is 7.35. The van der Waals surface area contributed by atoms with Gasteiger partial charge in [-0.05, 0) is 25.0 Å². The summed E-state index contributed by atoms with van der Waals surface area (Å²) >= 11 is 0. The van der Waals surface area contributed by atoms with E-state index in [9.17, 15) is 14.4 Å². The molecule has 0 bridgehead atoms. The Bertz CT molecular complexity index is 908. The number of rotatable bonds is 5. The minimum absolute atomic E-state index is 0.0290. The van der Waals surface area contributed by atoms with Crippen molar-refractivity contribution in [2.24, 2.45) is 5.92 Å². The van der Waals surface area contributed by atoms with Gasteiger partial charge in [0.15, 0.2) is 5.78 Å². The molecular weight excluding hydrogens is 358 g/mol. The Kier molecular flexibility index (Phi) is 4.85. The maximum Gasteiger partial charge on any atom is 0.242 e. The molecule has 2 aliphatic rings. The number of likely N-dealkylation sites (tertiary alicyclic amines) is 2. The summed E-state index contributed by atoms with van der Waals surface area (Å²) in [4.78, 5) is 40.4. The van der Waals surface area contributed by atoms with Gasteiger partial charge in [-0.3, -0.25) is 14.4 Å². The second-order valence-corrected chi connectivity index (χ2v) is 7.30. The first-order chi connectivity index (χ1) is 13.5. The maximum absolute atomic E-state index is 12.9. The molecule has 0 unspecified atom stereocenters. The molecule has 2 fully saturated rings. The fourth-order valence-corrected chi connectivity index (χ4v) is 3.88. The Balaban J connectivity index is 1.42. The number of benzene rings is 1. The molecule has 8 heteroatoms. The van der Waals surface area contributed by atoms with Crippen LogP contribution in [0.2, 0.25) is 0 Å². The van der Waals surface area contributed by atoms with E-state index in [1.807, 2.05) is 30.3 Å². The van der Waals surface area contributed by atoms with E-state index in [1.165, 1.54) is 6.20 Å². The molecule has 2 saturated heterocycles. The van der Waals surface area contributed by atoms with Crippen LogP contribution in [0.3, 0.4) is 0 Å². The first-order valence-electron chi connectivity index (χ1n) is 9.53. The van der Waals surface area contributed by atoms with E-state index in [4.69, 9.17) is 5.73 Å². The highest BCUT2D eigenvalue weighted by Gasteiger charge is 2.34. The number of anilines is 1. The Labute approximate surface area is 162 Å². The zero-order valence-electron chi connectivity index (χ0n) is 15.6. The normalized spacial score (nSPS) is 19.4. The number of carbonyl (C=O) groups is 3. The molecule has 146 valence electrons. The summed E-state index contributed by atoms with van der Waals surface area (Å²) in [6.07, 6.45) is 3.41. The Morgan fingerprint density at radius 2 is 1.96 bits per heavy atom. The molecular formula is C20H23N5O3. The predicted octanol–water partition coefficient (Wildman–Crippen LogP) is 1.11. The van der Waals surface area contributed by atoms with E-state index in [1.54, 1.807) is 14.5 Å². The lowest BCUT2D eigenvalue weighted by molar-refractivity contribution is -0.137. The van der Waals surface area contributed by atoms with Crippen LogP contribution >= 0.6 is 0 Å². The molecule has 2 N–H and O–H groups in total. The van der Waals surface area contributed by atoms with E-state index in [0.717, 1.165) is 12.1 Å². The highest BCUT2D eigenvalue weighted by atomic mass is 16.2. The summed E-state index contributed by atoms with van der Waals surface area (Å²) in [6, 6.07) is 9.39. The molecule has 2 aliphatic heterocycles. The summed E-state index contributed by atoms with van der Waals surface area (Å²) < 4.78 is 1.55. The summed E-state index contributed by atoms with van der Waals surface area (Å²) in [5, 5.41) is 4.26. The summed E-state index contributed by atoms with van der Waals surface area (Å²) in [5.74, 6) is -0.149. The number of hydrogen-bond donors (Lipinski definition) is 1. The number of hydrogen-bond acceptors (Lipinski definition) is 5. The fourth-order valence-electron chi connectivity index (χ4n) is 3.88. The number of carbonyl (C=O) groups excluding carboxylic acids is 3. The standard InChI is InChI=1S/C20H23N5O3/c21-20-16(11-22-25(20)15-5-2-1-3-6-15)19(28)14-8-10-24(12-14)18(27)13-23-9-4-7-17(23)26/h1-3,5-6,11,14H,4,7-10,12-13,21H2/t14-/m1/s1. The minimum atomic E-state index is -0.297. The van der Waals surface area contributed by atoms with Gasteiger partial charge in [-0.25, -0.2) is 4.68 Å². The van der Waals surface area contributed by atoms with E-state index in [-0.39, 0.29) is 30.1 Å². The van der Waals surface area contributed by atoms with Crippen molar-refractivity contribution in [3.8, 4) is 5.69 Å². The number of nitrogens with zero attached hydrogens (tertiary/aromatic N) is 4. The summed E-state index contributed by atoms with van der Waals surface area (Å²) in [7, 11) is 0. The average Bonchev–Trinajstić information content (AvgIpc) is 3.43. The first-order valence-corrected chi connectivity index (χ1v) is 9.53. The van der Waals surface area contributed by atoms with Crippen LogP contribution < -0.4 is 5.73 Å². The van der Waals surface area contributed by atoms with Gasteiger partial charge < -0.3 is 15.5 Å². The van der Waals surface area contributed by atoms with Crippen LogP contribution in [0.25, 0.3) is 5.69 Å². The molecule has 0 radical (unpaired) electrons. The van der Waals surface area contributed by atoms with Crippen molar-refractivity contribution in [3.05, 3.63) is 42.1 Å². The third kappa shape index (κ3) is 3.37. The maximum atomic E-state index is 12.9. The van der Waals surface area contributed by atoms with Gasteiger partial charge in [0.2, 0.25) is 11.8 Å². The van der Waals surface area contributed by atoms with Crippen LogP contribution in [-0.4, -0.2) is 63.4 Å². The fraction of sp³-hybridized carbons (Fsp3) is 0.400. The van der Waals surface area contributed by atoms with Crippen molar-refractivity contribution < 1.29 is 14.4 Å². The molecule has 3 heterocycles. The number of Topliss-reactive ketones (excluding diaryl/α,β-unsaturated/α-hetero) is 1.